The molecule has 0 N–H and O–H groups in total. The lowest BCUT2D eigenvalue weighted by atomic mass is 9.85. The van der Waals surface area contributed by atoms with Crippen LogP contribution in [-0.4, -0.2) is 19.7 Å². The minimum Gasteiger partial charge on any atom is -0.493 e. The number of benzene rings is 3. The van der Waals surface area contributed by atoms with Gasteiger partial charge in [-0.25, -0.2) is 4.79 Å². The van der Waals surface area contributed by atoms with Gasteiger partial charge in [0.05, 0.1) is 18.8 Å². The number of hydrogen-bond donors (Lipinski definition) is 0. The second-order valence-electron chi connectivity index (χ2n) is 9.10. The van der Waals surface area contributed by atoms with Crippen molar-refractivity contribution in [1.29, 1.82) is 5.26 Å². The van der Waals surface area contributed by atoms with Crippen LogP contribution in [0.15, 0.2) is 60.7 Å². The van der Waals surface area contributed by atoms with E-state index in [1.54, 1.807) is 48.5 Å². The fourth-order valence-electron chi connectivity index (χ4n) is 3.48. The number of allylic oxidation sites excluding steroid dienone is 1. The maximum Gasteiger partial charge on any atom is 0.349 e. The van der Waals surface area contributed by atoms with Crippen molar-refractivity contribution in [2.45, 2.75) is 33.1 Å². The van der Waals surface area contributed by atoms with Gasteiger partial charge in [-0.1, -0.05) is 68.3 Å². The number of nitrogens with zero attached hydrogens (tertiary/aromatic N) is 1. The highest BCUT2D eigenvalue weighted by Crippen LogP contribution is 2.33. The summed E-state index contributed by atoms with van der Waals surface area (Å²) in [5, 5.41) is 10.2. The number of rotatable bonds is 7. The van der Waals surface area contributed by atoms with Gasteiger partial charge in [0, 0.05) is 5.02 Å². The molecule has 3 rings (SSSR count). The van der Waals surface area contributed by atoms with Crippen LogP contribution in [0.3, 0.4) is 0 Å². The van der Waals surface area contributed by atoms with Crippen molar-refractivity contribution in [2.24, 2.45) is 0 Å². The molecule has 0 fully saturated rings. The minimum atomic E-state index is -0.550. The SMILES string of the molecule is COc1cc(C=C(C#N)c2ccc(Cl)cc2)ccc1OC(=O)COc1ccc(C)cc1C(C)(C)C. The van der Waals surface area contributed by atoms with Crippen LogP contribution in [0.5, 0.6) is 17.2 Å². The Labute approximate surface area is 211 Å². The summed E-state index contributed by atoms with van der Waals surface area (Å²) in [6, 6.07) is 20.2. The van der Waals surface area contributed by atoms with Crippen molar-refractivity contribution in [3.05, 3.63) is 87.9 Å². The van der Waals surface area contributed by atoms with Gasteiger partial charge in [-0.15, -0.1) is 0 Å². The maximum atomic E-state index is 12.5. The first-order valence-corrected chi connectivity index (χ1v) is 11.5. The van der Waals surface area contributed by atoms with Gasteiger partial charge in [0.1, 0.15) is 5.75 Å². The van der Waals surface area contributed by atoms with E-state index in [2.05, 4.69) is 32.9 Å². The first-order chi connectivity index (χ1) is 16.6. The van der Waals surface area contributed by atoms with E-state index in [0.717, 1.165) is 22.3 Å². The van der Waals surface area contributed by atoms with E-state index in [1.165, 1.54) is 7.11 Å². The number of halogens is 1. The molecule has 0 amide bonds. The summed E-state index contributed by atoms with van der Waals surface area (Å²) in [5.74, 6) is 0.735. The lowest BCUT2D eigenvalue weighted by Gasteiger charge is -2.23. The van der Waals surface area contributed by atoms with E-state index < -0.39 is 5.97 Å². The highest BCUT2D eigenvalue weighted by Gasteiger charge is 2.20. The average Bonchev–Trinajstić information content (AvgIpc) is 2.82. The average molecular weight is 490 g/mol. The Hall–Kier alpha value is -3.75. The van der Waals surface area contributed by atoms with E-state index in [0.29, 0.717) is 22.1 Å². The normalized spacial score (nSPS) is 11.5. The van der Waals surface area contributed by atoms with E-state index >= 15 is 0 Å². The van der Waals surface area contributed by atoms with Crippen LogP contribution in [0.25, 0.3) is 11.6 Å². The summed E-state index contributed by atoms with van der Waals surface area (Å²) < 4.78 is 16.7. The molecule has 0 aliphatic rings. The van der Waals surface area contributed by atoms with Gasteiger partial charge >= 0.3 is 5.97 Å². The first kappa shape index (κ1) is 25.9. The second kappa shape index (κ2) is 11.1. The third-order valence-electron chi connectivity index (χ3n) is 5.29. The highest BCUT2D eigenvalue weighted by atomic mass is 35.5. The summed E-state index contributed by atoms with van der Waals surface area (Å²) in [6.07, 6.45) is 1.73. The Balaban J connectivity index is 1.74. The van der Waals surface area contributed by atoms with Crippen LogP contribution >= 0.6 is 11.6 Å². The van der Waals surface area contributed by atoms with E-state index in [-0.39, 0.29) is 17.8 Å². The molecule has 0 aliphatic carbocycles. The van der Waals surface area contributed by atoms with Gasteiger partial charge in [-0.3, -0.25) is 0 Å². The summed E-state index contributed by atoms with van der Waals surface area (Å²) in [5.41, 5.74) is 3.95. The number of esters is 1. The molecule has 0 heterocycles. The third-order valence-corrected chi connectivity index (χ3v) is 5.54. The first-order valence-electron chi connectivity index (χ1n) is 11.1. The molecule has 0 aliphatic heterocycles. The lowest BCUT2D eigenvalue weighted by Crippen LogP contribution is -2.20. The Kier molecular flexibility index (Phi) is 8.22. The monoisotopic (exact) mass is 489 g/mol. The molecule has 35 heavy (non-hydrogen) atoms. The van der Waals surface area contributed by atoms with Gasteiger partial charge in [0.25, 0.3) is 0 Å². The zero-order valence-electron chi connectivity index (χ0n) is 20.5. The fourth-order valence-corrected chi connectivity index (χ4v) is 3.61. The van der Waals surface area contributed by atoms with Crippen molar-refractivity contribution in [2.75, 3.05) is 13.7 Å². The van der Waals surface area contributed by atoms with E-state index in [4.69, 9.17) is 25.8 Å². The quantitative estimate of drug-likeness (QED) is 0.154. The molecule has 0 bridgehead atoms. The maximum absolute atomic E-state index is 12.5. The zero-order chi connectivity index (χ0) is 25.6. The van der Waals surface area contributed by atoms with Crippen molar-refractivity contribution in [3.8, 4) is 23.3 Å². The fraction of sp³-hybridized carbons (Fsp3) is 0.241. The molecule has 0 spiro atoms. The molecule has 0 radical (unpaired) electrons. The Morgan fingerprint density at radius 2 is 1.69 bits per heavy atom. The third kappa shape index (κ3) is 6.88. The molecule has 180 valence electrons. The molecule has 0 saturated heterocycles. The predicted molar refractivity (Wildman–Crippen MR) is 139 cm³/mol. The van der Waals surface area contributed by atoms with Crippen LogP contribution in [0.4, 0.5) is 0 Å². The van der Waals surface area contributed by atoms with Crippen LogP contribution in [0, 0.1) is 18.3 Å². The number of methoxy groups -OCH3 is 1. The molecular formula is C29H28ClNO4. The molecule has 5 nitrogen and oxygen atoms in total. The van der Waals surface area contributed by atoms with Gasteiger partial charge in [0.2, 0.25) is 0 Å². The lowest BCUT2D eigenvalue weighted by molar-refractivity contribution is -0.136. The van der Waals surface area contributed by atoms with Crippen LogP contribution in [0.2, 0.25) is 5.02 Å². The zero-order valence-corrected chi connectivity index (χ0v) is 21.3. The summed E-state index contributed by atoms with van der Waals surface area (Å²) in [6.45, 7) is 8.06. The standard InChI is InChI=1S/C29H28ClNO4/c1-19-6-12-25(24(14-19)29(2,3)4)34-18-28(32)35-26-13-7-20(16-27(26)33-5)15-22(17-31)21-8-10-23(30)11-9-21/h6-16H,18H2,1-5H3. The number of nitriles is 1. The smallest absolute Gasteiger partial charge is 0.349 e. The van der Waals surface area contributed by atoms with Crippen molar-refractivity contribution < 1.29 is 19.0 Å². The van der Waals surface area contributed by atoms with Crippen LogP contribution in [0.1, 0.15) is 43.0 Å². The molecule has 0 atom stereocenters. The Morgan fingerprint density at radius 3 is 2.31 bits per heavy atom. The van der Waals surface area contributed by atoms with E-state index in [9.17, 15) is 10.1 Å². The van der Waals surface area contributed by atoms with Gasteiger partial charge in [-0.2, -0.15) is 5.26 Å². The van der Waals surface area contributed by atoms with Crippen molar-refractivity contribution >= 4 is 29.2 Å². The number of aryl methyl sites for hydroxylation is 1. The van der Waals surface area contributed by atoms with Crippen molar-refractivity contribution in [3.63, 3.8) is 0 Å². The number of carbonyl (C=O) groups excluding carboxylic acids is 1. The predicted octanol–water partition coefficient (Wildman–Crippen LogP) is 7.00. The molecule has 0 aromatic heterocycles. The van der Waals surface area contributed by atoms with Crippen LogP contribution < -0.4 is 14.2 Å². The van der Waals surface area contributed by atoms with Gasteiger partial charge in [0.15, 0.2) is 18.1 Å². The van der Waals surface area contributed by atoms with Crippen molar-refractivity contribution in [1.82, 2.24) is 0 Å². The second-order valence-corrected chi connectivity index (χ2v) is 9.54. The summed E-state index contributed by atoms with van der Waals surface area (Å²) in [7, 11) is 1.49. The number of hydrogen-bond acceptors (Lipinski definition) is 5. The molecule has 6 heteroatoms. The van der Waals surface area contributed by atoms with E-state index in [1.807, 2.05) is 19.1 Å². The topological polar surface area (TPSA) is 68.5 Å². The minimum absolute atomic E-state index is 0.133. The highest BCUT2D eigenvalue weighted by molar-refractivity contribution is 6.30. The molecule has 3 aromatic rings. The van der Waals surface area contributed by atoms with Crippen LogP contribution in [-0.2, 0) is 10.2 Å². The van der Waals surface area contributed by atoms with Gasteiger partial charge < -0.3 is 14.2 Å². The Morgan fingerprint density at radius 1 is 1.00 bits per heavy atom. The van der Waals surface area contributed by atoms with Gasteiger partial charge in [-0.05, 0) is 65.4 Å². The molecule has 0 saturated carbocycles. The molecule has 3 aromatic carbocycles. The molecular weight excluding hydrogens is 462 g/mol. The molecule has 0 unspecified atom stereocenters. The largest absolute Gasteiger partial charge is 0.493 e. The summed E-state index contributed by atoms with van der Waals surface area (Å²) in [4.78, 5) is 12.5. The number of ether oxygens (including phenoxy) is 3. The number of carbonyl (C=O) groups is 1. The Bertz CT molecular complexity index is 1280. The summed E-state index contributed by atoms with van der Waals surface area (Å²) >= 11 is 5.94.